The fourth-order valence-electron chi connectivity index (χ4n) is 3.04. The van der Waals surface area contributed by atoms with Crippen LogP contribution in [-0.4, -0.2) is 28.1 Å². The molecule has 0 spiro atoms. The first kappa shape index (κ1) is 20.1. The molecule has 0 radical (unpaired) electrons. The van der Waals surface area contributed by atoms with E-state index in [0.29, 0.717) is 34.5 Å². The van der Waals surface area contributed by atoms with Gasteiger partial charge in [-0.05, 0) is 23.8 Å². The Morgan fingerprint density at radius 2 is 2.00 bits per heavy atom. The first-order chi connectivity index (χ1) is 15.1. The summed E-state index contributed by atoms with van der Waals surface area (Å²) < 4.78 is 17.3. The van der Waals surface area contributed by atoms with E-state index in [1.54, 1.807) is 29.1 Å². The van der Waals surface area contributed by atoms with E-state index in [4.69, 9.17) is 13.9 Å². The van der Waals surface area contributed by atoms with Crippen LogP contribution >= 0.6 is 0 Å². The monoisotopic (exact) mass is 417 g/mol. The van der Waals surface area contributed by atoms with Crippen LogP contribution in [0.25, 0.3) is 17.0 Å². The van der Waals surface area contributed by atoms with Crippen LogP contribution < -0.4 is 10.4 Å². The molecular formula is C23H19N3O5. The lowest BCUT2D eigenvalue weighted by Gasteiger charge is -2.07. The van der Waals surface area contributed by atoms with Gasteiger partial charge >= 0.3 is 11.6 Å². The standard InChI is InChI=1S/C23H19N3O5/c1-29-19-8-9-20-17(11-23(28)31-21(20)12-19)15-30-22(27)10-7-18-14-26(25-24-18)13-16-5-3-2-4-6-16/h2-12,14H,13,15H2,1H3/b10-7+. The lowest BCUT2D eigenvalue weighted by atomic mass is 10.1. The van der Waals surface area contributed by atoms with Gasteiger partial charge in [0.25, 0.3) is 0 Å². The summed E-state index contributed by atoms with van der Waals surface area (Å²) in [5.41, 5.74) is 2.01. The van der Waals surface area contributed by atoms with E-state index in [1.165, 1.54) is 25.3 Å². The van der Waals surface area contributed by atoms with Gasteiger partial charge in [0, 0.05) is 29.2 Å². The van der Waals surface area contributed by atoms with Gasteiger partial charge in [-0.15, -0.1) is 5.10 Å². The van der Waals surface area contributed by atoms with E-state index in [9.17, 15) is 9.59 Å². The highest BCUT2D eigenvalue weighted by molar-refractivity contribution is 5.87. The second-order valence-corrected chi connectivity index (χ2v) is 6.72. The molecule has 0 N–H and O–H groups in total. The number of methoxy groups -OCH3 is 1. The third kappa shape index (κ3) is 5.05. The number of carbonyl (C=O) groups excluding carboxylic acids is 1. The van der Waals surface area contributed by atoms with Gasteiger partial charge < -0.3 is 13.9 Å². The Balaban J connectivity index is 1.39. The van der Waals surface area contributed by atoms with Gasteiger partial charge in [-0.1, -0.05) is 35.5 Å². The second-order valence-electron chi connectivity index (χ2n) is 6.72. The van der Waals surface area contributed by atoms with Crippen molar-refractivity contribution >= 4 is 23.0 Å². The fourth-order valence-corrected chi connectivity index (χ4v) is 3.04. The van der Waals surface area contributed by atoms with Crippen molar-refractivity contribution in [1.29, 1.82) is 0 Å². The van der Waals surface area contributed by atoms with Gasteiger partial charge in [0.1, 0.15) is 23.6 Å². The summed E-state index contributed by atoms with van der Waals surface area (Å²) in [6, 6.07) is 16.3. The van der Waals surface area contributed by atoms with Crippen molar-refractivity contribution in [3.8, 4) is 5.75 Å². The van der Waals surface area contributed by atoms with Gasteiger partial charge in [0.05, 0.1) is 19.9 Å². The van der Waals surface area contributed by atoms with Gasteiger partial charge in [-0.3, -0.25) is 0 Å². The molecule has 31 heavy (non-hydrogen) atoms. The number of ether oxygens (including phenoxy) is 2. The normalized spacial score (nSPS) is 11.1. The summed E-state index contributed by atoms with van der Waals surface area (Å²) in [6.07, 6.45) is 4.53. The molecule has 2 heterocycles. The summed E-state index contributed by atoms with van der Waals surface area (Å²) in [5.74, 6) is 0.000510. The van der Waals surface area contributed by atoms with Crippen LogP contribution in [0.3, 0.4) is 0 Å². The molecule has 0 aliphatic heterocycles. The number of rotatable bonds is 7. The summed E-state index contributed by atoms with van der Waals surface area (Å²) in [5, 5.41) is 8.74. The van der Waals surface area contributed by atoms with Gasteiger partial charge in [0.15, 0.2) is 0 Å². The van der Waals surface area contributed by atoms with E-state index in [1.807, 2.05) is 30.3 Å². The van der Waals surface area contributed by atoms with Gasteiger partial charge in [0.2, 0.25) is 0 Å². The molecule has 0 fully saturated rings. The molecule has 0 unspecified atom stereocenters. The van der Waals surface area contributed by atoms with Crippen molar-refractivity contribution in [2.45, 2.75) is 13.2 Å². The molecule has 0 amide bonds. The number of benzene rings is 2. The first-order valence-corrected chi connectivity index (χ1v) is 9.50. The number of esters is 1. The first-order valence-electron chi connectivity index (χ1n) is 9.50. The Hall–Kier alpha value is -4.20. The molecule has 156 valence electrons. The molecule has 0 bridgehead atoms. The van der Waals surface area contributed by atoms with Crippen molar-refractivity contribution in [1.82, 2.24) is 15.0 Å². The minimum atomic E-state index is -0.562. The van der Waals surface area contributed by atoms with Crippen molar-refractivity contribution in [3.63, 3.8) is 0 Å². The molecule has 0 atom stereocenters. The van der Waals surface area contributed by atoms with E-state index < -0.39 is 11.6 Å². The van der Waals surface area contributed by atoms with Crippen molar-refractivity contribution in [2.75, 3.05) is 7.11 Å². The second kappa shape index (κ2) is 9.08. The van der Waals surface area contributed by atoms with Crippen LogP contribution in [0.5, 0.6) is 5.75 Å². The number of hydrogen-bond acceptors (Lipinski definition) is 7. The van der Waals surface area contributed by atoms with E-state index in [-0.39, 0.29) is 6.61 Å². The molecule has 8 heteroatoms. The topological polar surface area (TPSA) is 96.5 Å². The lowest BCUT2D eigenvalue weighted by Crippen LogP contribution is -2.05. The predicted octanol–water partition coefficient (Wildman–Crippen LogP) is 3.20. The van der Waals surface area contributed by atoms with Crippen LogP contribution in [0.15, 0.2) is 76.1 Å². The average Bonchev–Trinajstić information content (AvgIpc) is 3.23. The number of carbonyl (C=O) groups is 1. The van der Waals surface area contributed by atoms with Gasteiger partial charge in [-0.2, -0.15) is 0 Å². The molecule has 0 aliphatic carbocycles. The van der Waals surface area contributed by atoms with Crippen LogP contribution in [0, 0.1) is 0 Å². The Morgan fingerprint density at radius 3 is 2.81 bits per heavy atom. The molecule has 4 rings (SSSR count). The maximum absolute atomic E-state index is 12.1. The maximum atomic E-state index is 12.1. The molecule has 4 aromatic rings. The minimum Gasteiger partial charge on any atom is -0.497 e. The summed E-state index contributed by atoms with van der Waals surface area (Å²) in [4.78, 5) is 23.9. The largest absolute Gasteiger partial charge is 0.497 e. The van der Waals surface area contributed by atoms with Crippen LogP contribution in [-0.2, 0) is 22.7 Å². The highest BCUT2D eigenvalue weighted by atomic mass is 16.5. The van der Waals surface area contributed by atoms with E-state index in [2.05, 4.69) is 10.3 Å². The number of hydrogen-bond donors (Lipinski definition) is 0. The van der Waals surface area contributed by atoms with Crippen molar-refractivity contribution < 1.29 is 18.7 Å². The molecular weight excluding hydrogens is 398 g/mol. The van der Waals surface area contributed by atoms with E-state index in [0.717, 1.165) is 5.56 Å². The van der Waals surface area contributed by atoms with Crippen LogP contribution in [0.4, 0.5) is 0 Å². The Kier molecular flexibility index (Phi) is 5.89. The minimum absolute atomic E-state index is 0.0711. The Bertz CT molecular complexity index is 1290. The summed E-state index contributed by atoms with van der Waals surface area (Å²) in [6.45, 7) is 0.513. The maximum Gasteiger partial charge on any atom is 0.336 e. The van der Waals surface area contributed by atoms with Crippen LogP contribution in [0.1, 0.15) is 16.8 Å². The van der Waals surface area contributed by atoms with Crippen molar-refractivity contribution in [2.24, 2.45) is 0 Å². The van der Waals surface area contributed by atoms with Gasteiger partial charge in [-0.25, -0.2) is 14.3 Å². The third-order valence-corrected chi connectivity index (χ3v) is 4.54. The molecule has 0 saturated carbocycles. The number of aromatic nitrogens is 3. The SMILES string of the molecule is COc1ccc2c(COC(=O)/C=C/c3cn(Cc4ccccc4)nn3)cc(=O)oc2c1. The molecule has 0 aliphatic rings. The fraction of sp³-hybridized carbons (Fsp3) is 0.130. The third-order valence-electron chi connectivity index (χ3n) is 4.54. The summed E-state index contributed by atoms with van der Waals surface area (Å²) >= 11 is 0. The number of nitrogens with zero attached hydrogens (tertiary/aromatic N) is 3. The zero-order valence-electron chi connectivity index (χ0n) is 16.7. The molecule has 2 aromatic carbocycles. The lowest BCUT2D eigenvalue weighted by molar-refractivity contribution is -0.138. The quantitative estimate of drug-likeness (QED) is 0.259. The predicted molar refractivity (Wildman–Crippen MR) is 113 cm³/mol. The average molecular weight is 417 g/mol. The highest BCUT2D eigenvalue weighted by Crippen LogP contribution is 2.23. The molecule has 2 aromatic heterocycles. The Morgan fingerprint density at radius 1 is 1.16 bits per heavy atom. The zero-order chi connectivity index (χ0) is 21.6. The van der Waals surface area contributed by atoms with Crippen LogP contribution in [0.2, 0.25) is 0 Å². The zero-order valence-corrected chi connectivity index (χ0v) is 16.7. The van der Waals surface area contributed by atoms with E-state index >= 15 is 0 Å². The van der Waals surface area contributed by atoms with Crippen molar-refractivity contribution in [3.05, 3.63) is 94.1 Å². The molecule has 0 saturated heterocycles. The highest BCUT2D eigenvalue weighted by Gasteiger charge is 2.09. The number of fused-ring (bicyclic) bond motifs is 1. The molecule has 8 nitrogen and oxygen atoms in total. The summed E-state index contributed by atoms with van der Waals surface area (Å²) in [7, 11) is 1.53. The Labute approximate surface area is 177 Å². The smallest absolute Gasteiger partial charge is 0.336 e.